The monoisotopic (exact) mass is 1020 g/mol. The number of nitrogens with zero attached hydrogens (tertiary/aromatic N) is 6. The molecule has 5 N–H and O–H groups in total. The molecule has 380 valence electrons. The molecule has 0 spiro atoms. The van der Waals surface area contributed by atoms with Crippen LogP contribution in [0.5, 0.6) is 0 Å². The minimum atomic E-state index is -1.12. The number of alkyl carbamates (subject to hydrolysis) is 2. The quantitative estimate of drug-likeness (QED) is 0.0247. The number of carbonyl (C=O) groups excluding carboxylic acids is 6. The van der Waals surface area contributed by atoms with E-state index in [0.29, 0.717) is 47.5 Å². The molecule has 0 unspecified atom stereocenters. The Bertz CT molecular complexity index is 2610. The number of thioether (sulfide) groups is 1. The lowest BCUT2D eigenvalue weighted by molar-refractivity contribution is -0.385. The van der Waals surface area contributed by atoms with Crippen LogP contribution in [-0.4, -0.2) is 127 Å². The first-order chi connectivity index (χ1) is 34.4. The molecule has 7 rings (SSSR count). The summed E-state index contributed by atoms with van der Waals surface area (Å²) < 4.78 is 15.9. The maximum absolute atomic E-state index is 13.8. The lowest BCUT2D eigenvalue weighted by Crippen LogP contribution is -2.63. The first-order valence-corrected chi connectivity index (χ1v) is 23.3. The molecule has 4 heterocycles. The Morgan fingerprint density at radius 1 is 0.819 bits per heavy atom. The second-order valence-corrected chi connectivity index (χ2v) is 18.5. The number of nitro groups is 3. The Hall–Kier alpha value is -8.04. The molecular weight excluding hydrogens is 969 g/mol. The van der Waals surface area contributed by atoms with Crippen molar-refractivity contribution in [3.63, 3.8) is 0 Å². The molecule has 3 aromatic carbocycles. The van der Waals surface area contributed by atoms with Crippen LogP contribution in [0.1, 0.15) is 43.4 Å². The minimum Gasteiger partial charge on any atom is -0.456 e. The van der Waals surface area contributed by atoms with Crippen molar-refractivity contribution in [3.8, 4) is 0 Å². The number of nitro benzene ring substituents is 3. The third-order valence-electron chi connectivity index (χ3n) is 12.2. The van der Waals surface area contributed by atoms with Gasteiger partial charge in [-0.05, 0) is 72.9 Å². The average Bonchev–Trinajstić information content (AvgIpc) is 4.08. The second kappa shape index (κ2) is 22.8. The zero-order valence-electron chi connectivity index (χ0n) is 38.5. The summed E-state index contributed by atoms with van der Waals surface area (Å²) >= 11 is 1.36. The smallest absolute Gasteiger partial charge is 0.414 e. The molecule has 3 aromatic rings. The number of guanidine groups is 1. The number of rotatable bonds is 17. The molecule has 3 saturated heterocycles. The number of esters is 1. The van der Waals surface area contributed by atoms with Gasteiger partial charge in [0, 0.05) is 78.1 Å². The number of ether oxygens (including phenoxy) is 3. The van der Waals surface area contributed by atoms with Gasteiger partial charge in [-0.25, -0.2) is 19.4 Å². The predicted molar refractivity (Wildman–Crippen MR) is 251 cm³/mol. The maximum Gasteiger partial charge on any atom is 0.414 e. The van der Waals surface area contributed by atoms with Crippen LogP contribution in [0.3, 0.4) is 0 Å². The third-order valence-corrected chi connectivity index (χ3v) is 13.7. The van der Waals surface area contributed by atoms with Gasteiger partial charge < -0.3 is 39.8 Å². The zero-order chi connectivity index (χ0) is 51.8. The van der Waals surface area contributed by atoms with E-state index >= 15 is 0 Å². The summed E-state index contributed by atoms with van der Waals surface area (Å²) in [7, 11) is 0. The number of amides is 5. The molecule has 5 amide bonds. The fourth-order valence-corrected chi connectivity index (χ4v) is 10.1. The van der Waals surface area contributed by atoms with E-state index in [1.54, 1.807) is 4.90 Å². The lowest BCUT2D eigenvalue weighted by atomic mass is 9.79. The molecule has 0 saturated carbocycles. The number of nitrogens with one attached hydrogen (secondary N) is 4. The molecule has 4 aliphatic rings. The summed E-state index contributed by atoms with van der Waals surface area (Å²) in [5.41, 5.74) is 0.883. The van der Waals surface area contributed by atoms with E-state index in [1.807, 2.05) is 6.92 Å². The van der Waals surface area contributed by atoms with Gasteiger partial charge in [0.2, 0.25) is 23.7 Å². The number of hydrogen-bond donors (Lipinski definition) is 5. The number of non-ortho nitro benzene ring substituents is 3. The molecule has 27 heteroatoms. The summed E-state index contributed by atoms with van der Waals surface area (Å²) in [6.07, 6.45) is -2.44. The Morgan fingerprint density at radius 2 is 1.32 bits per heavy atom. The fourth-order valence-electron chi connectivity index (χ4n) is 8.59. The molecule has 4 aliphatic heterocycles. The fraction of sp³-hybridized carbons (Fsp3) is 0.400. The number of fused-ring (bicyclic) bond motifs is 1. The molecule has 3 fully saturated rings. The van der Waals surface area contributed by atoms with E-state index in [0.717, 1.165) is 0 Å². The topological polar surface area (TPSA) is 347 Å². The molecule has 0 radical (unpaired) electrons. The van der Waals surface area contributed by atoms with Crippen molar-refractivity contribution in [2.45, 2.75) is 76.0 Å². The molecule has 26 nitrogen and oxygen atoms in total. The summed E-state index contributed by atoms with van der Waals surface area (Å²) in [6, 6.07) is 14.3. The van der Waals surface area contributed by atoms with Crippen LogP contribution in [0.15, 0.2) is 88.4 Å². The van der Waals surface area contributed by atoms with Crippen LogP contribution in [0.4, 0.5) is 26.7 Å². The number of aliphatic hydroxyl groups is 1. The van der Waals surface area contributed by atoms with Crippen LogP contribution < -0.4 is 21.3 Å². The van der Waals surface area contributed by atoms with Crippen LogP contribution in [0.2, 0.25) is 0 Å². The highest BCUT2D eigenvalue weighted by molar-refractivity contribution is 8.03. The lowest BCUT2D eigenvalue weighted by Gasteiger charge is -2.46. The number of hydrogen-bond acceptors (Lipinski definition) is 19. The van der Waals surface area contributed by atoms with Crippen molar-refractivity contribution in [1.82, 2.24) is 31.1 Å². The average molecular weight is 1020 g/mol. The molecule has 7 atom stereocenters. The SMILES string of the molecule is C[C@@H](O)[C@H]1C(=O)N2C(C(=O)OCc3ccc([N+](=O)[O-])cc3)=C(S[C@@H]3CN[C@H](C(=O)N4CC[C@H](NC(=O)CN=C(NC(=O)OCc5ccc([N+](=O)[O-])cc5)NC(=O)OCc5ccc([N+](=O)[O-])cc5)C4)C3)[C@H](C)[C@H]12. The van der Waals surface area contributed by atoms with Gasteiger partial charge in [-0.2, -0.15) is 0 Å². The van der Waals surface area contributed by atoms with E-state index in [9.17, 15) is 64.2 Å². The highest BCUT2D eigenvalue weighted by atomic mass is 32.2. The van der Waals surface area contributed by atoms with Gasteiger partial charge in [-0.1, -0.05) is 6.92 Å². The van der Waals surface area contributed by atoms with Crippen LogP contribution >= 0.6 is 11.8 Å². The zero-order valence-corrected chi connectivity index (χ0v) is 39.3. The molecular formula is C45H48N10O16S. The summed E-state index contributed by atoms with van der Waals surface area (Å²) in [5.74, 6) is -3.63. The number of likely N-dealkylation sites (tertiary alicyclic amines) is 1. The Kier molecular flexibility index (Phi) is 16.4. The number of aliphatic imine (C=N–C) groups is 1. The van der Waals surface area contributed by atoms with E-state index in [-0.39, 0.29) is 66.2 Å². The maximum atomic E-state index is 13.8. The van der Waals surface area contributed by atoms with Gasteiger partial charge in [0.15, 0.2) is 0 Å². The van der Waals surface area contributed by atoms with Gasteiger partial charge >= 0.3 is 18.2 Å². The highest BCUT2D eigenvalue weighted by Gasteiger charge is 2.60. The third kappa shape index (κ3) is 12.5. The van der Waals surface area contributed by atoms with Gasteiger partial charge in [0.1, 0.15) is 32.1 Å². The largest absolute Gasteiger partial charge is 0.456 e. The van der Waals surface area contributed by atoms with Crippen molar-refractivity contribution in [1.29, 1.82) is 0 Å². The first-order valence-electron chi connectivity index (χ1n) is 22.4. The van der Waals surface area contributed by atoms with Crippen LogP contribution in [0.25, 0.3) is 0 Å². The highest BCUT2D eigenvalue weighted by Crippen LogP contribution is 2.52. The van der Waals surface area contributed by atoms with E-state index in [4.69, 9.17) is 14.2 Å². The second-order valence-electron chi connectivity index (χ2n) is 17.2. The number of aliphatic hydroxyl groups excluding tert-OH is 1. The van der Waals surface area contributed by atoms with Crippen molar-refractivity contribution < 1.29 is 62.9 Å². The van der Waals surface area contributed by atoms with Gasteiger partial charge in [0.25, 0.3) is 17.1 Å². The number of benzene rings is 3. The summed E-state index contributed by atoms with van der Waals surface area (Å²) in [4.78, 5) is 118. The summed E-state index contributed by atoms with van der Waals surface area (Å²) in [6.45, 7) is 2.75. The van der Waals surface area contributed by atoms with Gasteiger partial charge in [-0.15, -0.1) is 11.8 Å². The molecule has 0 aromatic heterocycles. The van der Waals surface area contributed by atoms with Gasteiger partial charge in [0.05, 0.1) is 38.9 Å². The van der Waals surface area contributed by atoms with Crippen molar-refractivity contribution >= 4 is 70.7 Å². The Balaban J connectivity index is 0.927. The number of carbonyl (C=O) groups is 6. The standard InChI is InChI=1S/C45H48N10O16S/c1-24-37-36(25(2)56)41(59)52(37)38(42(60)69-21-26-3-9-30(10-4-26)53(63)64)39(24)72-33-17-34(46-18-33)40(58)51-16-15-29(20-51)48-35(57)19-47-43(49-44(61)70-22-27-5-11-31(12-6-27)54(65)66)50-45(62)71-23-28-7-13-32(14-8-28)55(67)68/h3-14,24-25,29,33-34,36-37,46,56H,15-23H2,1-2H3,(H,48,57)(H2,47,49,50,61,62)/t24-,25-,29+,33+,34+,36-,37-/m1/s1. The minimum absolute atomic E-state index is 0.0662. The predicted octanol–water partition coefficient (Wildman–Crippen LogP) is 2.91. The van der Waals surface area contributed by atoms with Crippen LogP contribution in [0, 0.1) is 42.2 Å². The first kappa shape index (κ1) is 51.8. The Morgan fingerprint density at radius 3 is 1.81 bits per heavy atom. The van der Waals surface area contributed by atoms with E-state index < -0.39 is 87.4 Å². The van der Waals surface area contributed by atoms with Crippen molar-refractivity contribution in [3.05, 3.63) is 130 Å². The normalized spacial score (nSPS) is 21.4. The van der Waals surface area contributed by atoms with E-state index in [1.165, 1.54) is 96.4 Å². The molecule has 72 heavy (non-hydrogen) atoms. The van der Waals surface area contributed by atoms with Crippen molar-refractivity contribution in [2.75, 3.05) is 26.2 Å². The van der Waals surface area contributed by atoms with Crippen molar-refractivity contribution in [2.24, 2.45) is 16.8 Å². The molecule has 0 bridgehead atoms. The summed E-state index contributed by atoms with van der Waals surface area (Å²) in [5, 5.41) is 53.7. The number of β-lactam (4-membered cyclic amide) rings is 1. The van der Waals surface area contributed by atoms with Gasteiger partial charge in [-0.3, -0.25) is 55.4 Å². The van der Waals surface area contributed by atoms with Crippen LogP contribution in [-0.2, 0) is 53.2 Å². The van der Waals surface area contributed by atoms with E-state index in [2.05, 4.69) is 26.3 Å². The molecule has 0 aliphatic carbocycles. The Labute approximate surface area is 412 Å².